The molecule has 0 aliphatic carbocycles. The van der Waals surface area contributed by atoms with Crippen LogP contribution in [-0.2, 0) is 13.7 Å². The molecular formula is C3H14F5O13P3. The molecule has 10 N–H and O–H groups in total. The van der Waals surface area contributed by atoms with Gasteiger partial charge in [0.1, 0.15) is 0 Å². The van der Waals surface area contributed by atoms with Crippen molar-refractivity contribution in [3.63, 3.8) is 0 Å². The summed E-state index contributed by atoms with van der Waals surface area (Å²) in [5.41, 5.74) is 0. The number of phosphoric acid groups is 3. The van der Waals surface area contributed by atoms with Gasteiger partial charge in [-0.2, -0.15) is 13.2 Å². The fraction of sp³-hybridized carbons (Fsp3) is 1.00. The summed E-state index contributed by atoms with van der Waals surface area (Å²) in [4.78, 5) is 64.7. The van der Waals surface area contributed by atoms with Gasteiger partial charge >= 0.3 is 36.1 Å². The van der Waals surface area contributed by atoms with Crippen molar-refractivity contribution in [1.29, 1.82) is 0 Å². The molecule has 0 spiro atoms. The van der Waals surface area contributed by atoms with Gasteiger partial charge in [0.2, 0.25) is 0 Å². The van der Waals surface area contributed by atoms with E-state index in [-0.39, 0.29) is 0 Å². The maximum atomic E-state index is 10.4. The van der Waals surface area contributed by atoms with Crippen molar-refractivity contribution < 1.29 is 84.8 Å². The Kier molecular flexibility index (Phi) is 22.3. The quantitative estimate of drug-likeness (QED) is 0.153. The topological polar surface area (TPSA) is 254 Å². The molecule has 0 unspecified atom stereocenters. The van der Waals surface area contributed by atoms with E-state index in [2.05, 4.69) is 0 Å². The van der Waals surface area contributed by atoms with Gasteiger partial charge in [-0.15, -0.1) is 0 Å². The number of alkyl halides is 5. The van der Waals surface area contributed by atoms with Gasteiger partial charge in [-0.25, -0.2) is 22.5 Å². The molecule has 0 fully saturated rings. The van der Waals surface area contributed by atoms with Crippen molar-refractivity contribution >= 4 is 23.5 Å². The summed E-state index contributed by atoms with van der Waals surface area (Å²) < 4.78 is 78.8. The third kappa shape index (κ3) is 273. The Labute approximate surface area is 129 Å². The zero-order valence-electron chi connectivity index (χ0n) is 11.0. The van der Waals surface area contributed by atoms with Gasteiger partial charge in [0, 0.05) is 7.11 Å². The molecule has 0 aliphatic rings. The Morgan fingerprint density at radius 1 is 0.625 bits per heavy atom. The lowest BCUT2D eigenvalue weighted by molar-refractivity contribution is -0.219. The lowest BCUT2D eigenvalue weighted by Gasteiger charge is -2.00. The summed E-state index contributed by atoms with van der Waals surface area (Å²) >= 11 is 0. The van der Waals surface area contributed by atoms with Crippen molar-refractivity contribution in [3.05, 3.63) is 0 Å². The minimum absolute atomic E-state index is 1.00. The molecular weight excluding hydrogens is 432 g/mol. The van der Waals surface area contributed by atoms with Crippen LogP contribution in [0.25, 0.3) is 0 Å². The summed E-state index contributed by atoms with van der Waals surface area (Å²) in [6.45, 7) is 0. The second-order valence-electron chi connectivity index (χ2n) is 2.38. The Hall–Kier alpha value is -0.0600. The summed E-state index contributed by atoms with van der Waals surface area (Å²) in [7, 11) is -12.9. The van der Waals surface area contributed by atoms with Crippen molar-refractivity contribution in [1.82, 2.24) is 0 Å². The van der Waals surface area contributed by atoms with E-state index in [9.17, 15) is 22.0 Å². The molecule has 0 saturated heterocycles. The highest BCUT2D eigenvalue weighted by atomic mass is 31.2. The highest BCUT2D eigenvalue weighted by molar-refractivity contribution is 7.45. The Morgan fingerprint density at radius 2 is 0.667 bits per heavy atom. The molecule has 0 amide bonds. The summed E-state index contributed by atoms with van der Waals surface area (Å²) in [5, 5.41) is 7.00. The van der Waals surface area contributed by atoms with E-state index in [1.807, 2.05) is 0 Å². The predicted octanol–water partition coefficient (Wildman–Crippen LogP) is -1.36. The van der Waals surface area contributed by atoms with Gasteiger partial charge in [0.05, 0.1) is 0 Å². The molecule has 0 aliphatic heterocycles. The first-order chi connectivity index (χ1) is 9.94. The molecule has 0 heterocycles. The lowest BCUT2D eigenvalue weighted by Crippen LogP contribution is -2.18. The second-order valence-corrected chi connectivity index (χ2v) is 5.46. The van der Waals surface area contributed by atoms with Crippen molar-refractivity contribution in [2.24, 2.45) is 0 Å². The first kappa shape index (κ1) is 35.1. The molecule has 0 aromatic heterocycles. The lowest BCUT2D eigenvalue weighted by atomic mass is 10.7. The number of hydrogen-bond donors (Lipinski definition) is 10. The average Bonchev–Trinajstić information content (AvgIpc) is 2.10. The van der Waals surface area contributed by atoms with Crippen LogP contribution < -0.4 is 0 Å². The molecule has 0 aromatic carbocycles. The van der Waals surface area contributed by atoms with E-state index in [0.29, 0.717) is 0 Å². The van der Waals surface area contributed by atoms with Crippen LogP contribution in [0.4, 0.5) is 22.0 Å². The number of aliphatic hydroxyl groups is 1. The molecule has 154 valence electrons. The molecule has 13 nitrogen and oxygen atoms in total. The second kappa shape index (κ2) is 15.2. The van der Waals surface area contributed by atoms with Crippen molar-refractivity contribution in [2.45, 2.75) is 12.6 Å². The molecule has 24 heavy (non-hydrogen) atoms. The number of rotatable bonds is 0. The van der Waals surface area contributed by atoms with Crippen molar-refractivity contribution in [3.8, 4) is 0 Å². The highest BCUT2D eigenvalue weighted by Crippen LogP contribution is 2.26. The summed E-state index contributed by atoms with van der Waals surface area (Å²) in [6.07, 6.45) is -9.53. The Balaban J connectivity index is -0.0000000652. The van der Waals surface area contributed by atoms with Crippen LogP contribution >= 0.6 is 23.5 Å². The molecule has 0 saturated carbocycles. The van der Waals surface area contributed by atoms with Crippen LogP contribution in [0.1, 0.15) is 0 Å². The third-order valence-corrected chi connectivity index (χ3v) is 0.247. The number of halogens is 5. The smallest absolute Gasteiger partial charge is 0.400 e. The van der Waals surface area contributed by atoms with Gasteiger partial charge < -0.3 is 49.1 Å². The number of hydrogen-bond acceptors (Lipinski definition) is 4. The van der Waals surface area contributed by atoms with Crippen LogP contribution in [0.3, 0.4) is 0 Å². The fourth-order valence-corrected chi connectivity index (χ4v) is 0. The van der Waals surface area contributed by atoms with E-state index in [4.69, 9.17) is 62.8 Å². The maximum absolute atomic E-state index is 10.4. The van der Waals surface area contributed by atoms with E-state index in [1.54, 1.807) is 0 Å². The SMILES string of the molecule is CO.FC(F)C(F)(F)F.O=P(O)(O)O.O=P(O)(O)O.O=P(O)(O)O. The zero-order valence-corrected chi connectivity index (χ0v) is 13.7. The monoisotopic (exact) mass is 446 g/mol. The van der Waals surface area contributed by atoms with Crippen LogP contribution in [0.5, 0.6) is 0 Å². The van der Waals surface area contributed by atoms with Gasteiger partial charge in [-0.1, -0.05) is 0 Å². The normalized spacial score (nSPS) is 11.4. The van der Waals surface area contributed by atoms with Crippen LogP contribution in [0, 0.1) is 0 Å². The largest absolute Gasteiger partial charge is 0.466 e. The zero-order chi connectivity index (χ0) is 21.6. The van der Waals surface area contributed by atoms with Gasteiger partial charge in [-0.3, -0.25) is 0 Å². The molecule has 0 radical (unpaired) electrons. The van der Waals surface area contributed by atoms with E-state index in [0.717, 1.165) is 7.11 Å². The van der Waals surface area contributed by atoms with Gasteiger partial charge in [0.15, 0.2) is 0 Å². The minimum Gasteiger partial charge on any atom is -0.400 e. The highest BCUT2D eigenvalue weighted by Gasteiger charge is 2.40. The van der Waals surface area contributed by atoms with Crippen LogP contribution in [-0.4, -0.2) is 68.9 Å². The van der Waals surface area contributed by atoms with E-state index >= 15 is 0 Å². The maximum Gasteiger partial charge on any atom is 0.466 e. The molecule has 0 atom stereocenters. The fourth-order valence-electron chi connectivity index (χ4n) is 0. The molecule has 0 bridgehead atoms. The molecule has 0 rings (SSSR count). The standard InChI is InChI=1S/C2HF5.CH4O.3H3O4P/c3-1(4)2(5,6)7;1-2;3*1-5(2,3)4/h1H;2H,1H3;3*(H3,1,2,3,4). The van der Waals surface area contributed by atoms with Crippen molar-refractivity contribution in [2.75, 3.05) is 7.11 Å². The first-order valence-corrected chi connectivity index (χ1v) is 8.78. The first-order valence-electron chi connectivity index (χ1n) is 4.09. The minimum atomic E-state index is -5.33. The predicted molar refractivity (Wildman–Crippen MR) is 63.0 cm³/mol. The van der Waals surface area contributed by atoms with Crippen LogP contribution in [0.2, 0.25) is 0 Å². The van der Waals surface area contributed by atoms with Crippen LogP contribution in [0.15, 0.2) is 0 Å². The Bertz CT molecular complexity index is 333. The number of aliphatic hydroxyl groups excluding tert-OH is 1. The third-order valence-electron chi connectivity index (χ3n) is 0.247. The summed E-state index contributed by atoms with van der Waals surface area (Å²) in [5.74, 6) is 0. The van der Waals surface area contributed by atoms with E-state index < -0.39 is 36.1 Å². The average molecular weight is 446 g/mol. The van der Waals surface area contributed by atoms with E-state index in [1.165, 1.54) is 0 Å². The Morgan fingerprint density at radius 3 is 0.667 bits per heavy atom. The summed E-state index contributed by atoms with van der Waals surface area (Å²) in [6, 6.07) is 0. The van der Waals surface area contributed by atoms with Gasteiger partial charge in [-0.05, 0) is 0 Å². The molecule has 0 aromatic rings. The van der Waals surface area contributed by atoms with Gasteiger partial charge in [0.25, 0.3) is 0 Å². The molecule has 21 heteroatoms.